The molecular weight excluding hydrogens is 703 g/mol. The molecule has 0 bridgehead atoms. The molecule has 2 heterocycles. The van der Waals surface area contributed by atoms with Crippen LogP contribution in [0.5, 0.6) is 0 Å². The van der Waals surface area contributed by atoms with Crippen LogP contribution in [0.25, 0.3) is 106 Å². The van der Waals surface area contributed by atoms with Crippen LogP contribution in [0.2, 0.25) is 0 Å². The minimum atomic E-state index is 0.689. The molecule has 0 amide bonds. The number of aromatic nitrogens is 3. The van der Waals surface area contributed by atoms with Gasteiger partial charge < -0.3 is 0 Å². The maximum absolute atomic E-state index is 5.29. The Bertz CT molecular complexity index is 3060. The molecule has 1 aliphatic carbocycles. The van der Waals surface area contributed by atoms with Crippen molar-refractivity contribution in [2.45, 2.75) is 12.8 Å². The van der Waals surface area contributed by atoms with Gasteiger partial charge in [-0.15, -0.1) is 0 Å². The Morgan fingerprint density at radius 1 is 0.379 bits per heavy atom. The van der Waals surface area contributed by atoms with Crippen molar-refractivity contribution in [2.75, 3.05) is 0 Å². The fraction of sp³-hybridized carbons (Fsp3) is 0.0364. The van der Waals surface area contributed by atoms with Crippen molar-refractivity contribution in [2.24, 2.45) is 0 Å². The van der Waals surface area contributed by atoms with Gasteiger partial charge >= 0.3 is 0 Å². The molecule has 11 rings (SSSR count). The van der Waals surface area contributed by atoms with Crippen LogP contribution in [0.4, 0.5) is 0 Å². The summed E-state index contributed by atoms with van der Waals surface area (Å²) in [5.74, 6) is 0.689. The average Bonchev–Trinajstić information content (AvgIpc) is 3.31. The van der Waals surface area contributed by atoms with Gasteiger partial charge in [-0.05, 0) is 96.9 Å². The highest BCUT2D eigenvalue weighted by Gasteiger charge is 2.17. The van der Waals surface area contributed by atoms with Gasteiger partial charge in [-0.3, -0.25) is 4.98 Å². The molecule has 0 saturated carbocycles. The SMILES string of the molecule is C1=Cc2cc(-c3cccc(-c4cc(-c5ccc(-c6cncc7ccccc67)cc5)nc(-c5ccc(-c6cccc7ccccc67)cc5)n4)c3)c3ccccc3c2CC1. The number of benzene rings is 8. The first-order valence-corrected chi connectivity index (χ1v) is 20.0. The number of allylic oxidation sites excluding steroid dienone is 1. The van der Waals surface area contributed by atoms with Crippen molar-refractivity contribution in [3.05, 3.63) is 206 Å². The third-order valence-corrected chi connectivity index (χ3v) is 11.6. The van der Waals surface area contributed by atoms with Gasteiger partial charge in [0.1, 0.15) is 0 Å². The van der Waals surface area contributed by atoms with Crippen molar-refractivity contribution in [3.8, 4) is 67.3 Å². The predicted octanol–water partition coefficient (Wildman–Crippen LogP) is 14.3. The first-order valence-electron chi connectivity index (χ1n) is 20.0. The summed E-state index contributed by atoms with van der Waals surface area (Å²) in [4.78, 5) is 15.1. The van der Waals surface area contributed by atoms with E-state index in [1.54, 1.807) is 0 Å². The van der Waals surface area contributed by atoms with Crippen LogP contribution in [0.15, 0.2) is 194 Å². The Hall–Kier alpha value is -7.49. The molecule has 1 aliphatic rings. The zero-order valence-electron chi connectivity index (χ0n) is 31.8. The van der Waals surface area contributed by atoms with Gasteiger partial charge in [-0.2, -0.15) is 0 Å². The van der Waals surface area contributed by atoms with Gasteiger partial charge in [0.15, 0.2) is 5.82 Å². The Labute approximate surface area is 337 Å². The van der Waals surface area contributed by atoms with E-state index >= 15 is 0 Å². The van der Waals surface area contributed by atoms with Crippen molar-refractivity contribution in [3.63, 3.8) is 0 Å². The second-order valence-electron chi connectivity index (χ2n) is 15.1. The van der Waals surface area contributed by atoms with Gasteiger partial charge in [0.25, 0.3) is 0 Å². The molecule has 0 aliphatic heterocycles. The van der Waals surface area contributed by atoms with Gasteiger partial charge in [-0.25, -0.2) is 9.97 Å². The molecule has 0 atom stereocenters. The van der Waals surface area contributed by atoms with E-state index < -0.39 is 0 Å². The highest BCUT2D eigenvalue weighted by atomic mass is 14.9. The van der Waals surface area contributed by atoms with E-state index in [2.05, 4.69) is 193 Å². The fourth-order valence-electron chi connectivity index (χ4n) is 8.72. The number of pyridine rings is 1. The van der Waals surface area contributed by atoms with Gasteiger partial charge in [0.2, 0.25) is 0 Å². The maximum Gasteiger partial charge on any atom is 0.160 e. The van der Waals surface area contributed by atoms with Crippen molar-refractivity contribution in [1.82, 2.24) is 15.0 Å². The number of aryl methyl sites for hydroxylation is 1. The second kappa shape index (κ2) is 14.2. The van der Waals surface area contributed by atoms with Crippen LogP contribution >= 0.6 is 0 Å². The highest BCUT2D eigenvalue weighted by molar-refractivity contribution is 6.02. The van der Waals surface area contributed by atoms with E-state index in [1.807, 2.05) is 12.4 Å². The van der Waals surface area contributed by atoms with Crippen LogP contribution in [-0.2, 0) is 6.42 Å². The molecule has 0 unspecified atom stereocenters. The van der Waals surface area contributed by atoms with Crippen LogP contribution in [0.3, 0.4) is 0 Å². The third kappa shape index (κ3) is 6.05. The molecular formula is C55H37N3. The van der Waals surface area contributed by atoms with Crippen LogP contribution in [-0.4, -0.2) is 15.0 Å². The Balaban J connectivity index is 1.03. The quantitative estimate of drug-likeness (QED) is 0.170. The number of rotatable bonds is 6. The summed E-state index contributed by atoms with van der Waals surface area (Å²) < 4.78 is 0. The third-order valence-electron chi connectivity index (χ3n) is 11.6. The van der Waals surface area contributed by atoms with E-state index in [-0.39, 0.29) is 0 Å². The summed E-state index contributed by atoms with van der Waals surface area (Å²) in [6, 6.07) is 63.0. The van der Waals surface area contributed by atoms with Crippen LogP contribution in [0.1, 0.15) is 17.5 Å². The Kier molecular flexibility index (Phi) is 8.29. The standard InChI is InChI=1S/C55H37N3/c1-4-17-45-36(11-1)14-10-22-46(45)37-25-29-40(30-26-37)55-57-53(39-27-23-38(24-28-39)52-35-56-34-44-13-3-6-19-48(44)52)33-54(58-55)43-16-9-15-41(31-43)51-32-42-12-2-5-18-47(42)49-20-7-8-21-50(49)51/h1-4,6-17,19-35H,5,18H2. The van der Waals surface area contributed by atoms with Crippen LogP contribution < -0.4 is 0 Å². The summed E-state index contributed by atoms with van der Waals surface area (Å²) in [7, 11) is 0. The average molecular weight is 740 g/mol. The molecule has 8 aromatic carbocycles. The normalized spacial score (nSPS) is 12.3. The number of hydrogen-bond acceptors (Lipinski definition) is 3. The minimum absolute atomic E-state index is 0.689. The smallest absolute Gasteiger partial charge is 0.160 e. The molecule has 58 heavy (non-hydrogen) atoms. The van der Waals surface area contributed by atoms with E-state index in [9.17, 15) is 0 Å². The van der Waals surface area contributed by atoms with Crippen molar-refractivity contribution in [1.29, 1.82) is 0 Å². The summed E-state index contributed by atoms with van der Waals surface area (Å²) in [6.45, 7) is 0. The van der Waals surface area contributed by atoms with Gasteiger partial charge in [0.05, 0.1) is 11.4 Å². The maximum atomic E-state index is 5.29. The minimum Gasteiger partial charge on any atom is -0.263 e. The molecule has 272 valence electrons. The van der Waals surface area contributed by atoms with E-state index in [4.69, 9.17) is 9.97 Å². The number of nitrogens with zero attached hydrogens (tertiary/aromatic N) is 3. The highest BCUT2D eigenvalue weighted by Crippen LogP contribution is 2.39. The van der Waals surface area contributed by atoms with Crippen molar-refractivity contribution >= 4 is 38.4 Å². The summed E-state index contributed by atoms with van der Waals surface area (Å²) in [5, 5.41) is 7.41. The molecule has 3 nitrogen and oxygen atoms in total. The van der Waals surface area contributed by atoms with Crippen molar-refractivity contribution < 1.29 is 0 Å². The molecule has 0 spiro atoms. The number of fused-ring (bicyclic) bond motifs is 5. The van der Waals surface area contributed by atoms with E-state index in [1.165, 1.54) is 54.7 Å². The van der Waals surface area contributed by atoms with Gasteiger partial charge in [-0.1, -0.05) is 170 Å². The fourth-order valence-corrected chi connectivity index (χ4v) is 8.72. The zero-order valence-corrected chi connectivity index (χ0v) is 31.8. The monoisotopic (exact) mass is 739 g/mol. The largest absolute Gasteiger partial charge is 0.263 e. The first kappa shape index (κ1) is 33.8. The molecule has 0 saturated heterocycles. The zero-order chi connectivity index (χ0) is 38.4. The lowest BCUT2D eigenvalue weighted by atomic mass is 9.87. The van der Waals surface area contributed by atoms with Crippen LogP contribution in [0, 0.1) is 0 Å². The molecule has 2 aromatic heterocycles. The van der Waals surface area contributed by atoms with E-state index in [0.717, 1.165) is 63.0 Å². The Morgan fingerprint density at radius 2 is 0.983 bits per heavy atom. The summed E-state index contributed by atoms with van der Waals surface area (Å²) in [6.07, 6.45) is 10.6. The topological polar surface area (TPSA) is 38.7 Å². The first-order chi connectivity index (χ1) is 28.7. The molecule has 0 radical (unpaired) electrons. The lowest BCUT2D eigenvalue weighted by molar-refractivity contribution is 0.997. The summed E-state index contributed by atoms with van der Waals surface area (Å²) >= 11 is 0. The second-order valence-corrected chi connectivity index (χ2v) is 15.1. The number of hydrogen-bond donors (Lipinski definition) is 0. The predicted molar refractivity (Wildman–Crippen MR) is 242 cm³/mol. The van der Waals surface area contributed by atoms with E-state index in [0.29, 0.717) is 5.82 Å². The lowest BCUT2D eigenvalue weighted by Gasteiger charge is -2.18. The molecule has 0 N–H and O–H groups in total. The lowest BCUT2D eigenvalue weighted by Crippen LogP contribution is -1.98. The molecule has 3 heteroatoms. The Morgan fingerprint density at radius 3 is 1.79 bits per heavy atom. The summed E-state index contributed by atoms with van der Waals surface area (Å²) in [5.41, 5.74) is 14.6. The van der Waals surface area contributed by atoms with Gasteiger partial charge in [0, 0.05) is 40.0 Å². The molecule has 10 aromatic rings. The molecule has 0 fully saturated rings.